The molecule has 0 fully saturated rings. The number of amides is 1. The molecule has 0 aliphatic rings. The first-order valence-electron chi connectivity index (χ1n) is 8.26. The Labute approximate surface area is 153 Å². The lowest BCUT2D eigenvalue weighted by Crippen LogP contribution is -2.34. The van der Waals surface area contributed by atoms with Gasteiger partial charge in [0.1, 0.15) is 0 Å². The van der Waals surface area contributed by atoms with E-state index >= 15 is 0 Å². The second-order valence-corrected chi connectivity index (χ2v) is 6.48. The largest absolute Gasteiger partial charge is 0.378 e. The minimum atomic E-state index is -0.508. The molecule has 1 amide bonds. The Kier molecular flexibility index (Phi) is 6.30. The monoisotopic (exact) mass is 356 g/mol. The number of likely N-dealkylation sites (N-methyl/N-ethyl adjacent to an activating group) is 1. The van der Waals surface area contributed by atoms with Crippen LogP contribution in [-0.2, 0) is 0 Å². The molecule has 1 unspecified atom stereocenters. The number of non-ortho nitro benzene ring substituents is 1. The highest BCUT2D eigenvalue weighted by molar-refractivity contribution is 5.94. The van der Waals surface area contributed by atoms with Crippen molar-refractivity contribution in [2.24, 2.45) is 0 Å². The Morgan fingerprint density at radius 3 is 2.31 bits per heavy atom. The third-order valence-corrected chi connectivity index (χ3v) is 4.19. The SMILES string of the molecule is CN(C)c1ccc(C(CNC(=O)c2cccc([N+](=O)[O-])c2)N(C)C)cc1. The highest BCUT2D eigenvalue weighted by Crippen LogP contribution is 2.21. The predicted molar refractivity (Wildman–Crippen MR) is 103 cm³/mol. The minimum absolute atomic E-state index is 0.00568. The standard InChI is InChI=1S/C19H24N4O3/c1-21(2)16-10-8-14(9-11-16)18(22(3)4)13-20-19(24)15-6-5-7-17(12-15)23(25)26/h5-12,18H,13H2,1-4H3,(H,20,24). The molecule has 2 aromatic carbocycles. The Bertz CT molecular complexity index is 773. The van der Waals surface area contributed by atoms with Crippen molar-refractivity contribution in [2.75, 3.05) is 39.6 Å². The van der Waals surface area contributed by atoms with Crippen LogP contribution in [0, 0.1) is 10.1 Å². The van der Waals surface area contributed by atoms with E-state index in [0.29, 0.717) is 6.54 Å². The summed E-state index contributed by atoms with van der Waals surface area (Å²) in [5.74, 6) is -0.328. The number of hydrogen-bond donors (Lipinski definition) is 1. The molecule has 0 saturated carbocycles. The highest BCUT2D eigenvalue weighted by atomic mass is 16.6. The van der Waals surface area contributed by atoms with E-state index in [1.54, 1.807) is 6.07 Å². The van der Waals surface area contributed by atoms with Gasteiger partial charge in [-0.1, -0.05) is 18.2 Å². The fraction of sp³-hybridized carbons (Fsp3) is 0.316. The van der Waals surface area contributed by atoms with Gasteiger partial charge in [0.05, 0.1) is 11.0 Å². The fourth-order valence-corrected chi connectivity index (χ4v) is 2.65. The molecule has 1 N–H and O–H groups in total. The minimum Gasteiger partial charge on any atom is -0.378 e. The van der Waals surface area contributed by atoms with Crippen molar-refractivity contribution in [1.82, 2.24) is 10.2 Å². The van der Waals surface area contributed by atoms with E-state index < -0.39 is 4.92 Å². The van der Waals surface area contributed by atoms with Gasteiger partial charge in [0, 0.05) is 44.0 Å². The molecule has 7 heteroatoms. The summed E-state index contributed by atoms with van der Waals surface area (Å²) in [6, 6.07) is 13.9. The fourth-order valence-electron chi connectivity index (χ4n) is 2.65. The second kappa shape index (κ2) is 8.44. The average Bonchev–Trinajstić information content (AvgIpc) is 2.62. The van der Waals surface area contributed by atoms with Gasteiger partial charge in [-0.3, -0.25) is 14.9 Å². The van der Waals surface area contributed by atoms with Gasteiger partial charge in [-0.25, -0.2) is 0 Å². The number of nitro benzene ring substituents is 1. The van der Waals surface area contributed by atoms with E-state index in [9.17, 15) is 14.9 Å². The predicted octanol–water partition coefficient (Wildman–Crippen LogP) is 2.69. The van der Waals surface area contributed by atoms with Crippen LogP contribution in [0.4, 0.5) is 11.4 Å². The van der Waals surface area contributed by atoms with Crippen LogP contribution in [-0.4, -0.2) is 50.5 Å². The molecule has 1 atom stereocenters. The topological polar surface area (TPSA) is 78.7 Å². The third-order valence-electron chi connectivity index (χ3n) is 4.19. The first-order valence-corrected chi connectivity index (χ1v) is 8.26. The van der Waals surface area contributed by atoms with Gasteiger partial charge < -0.3 is 15.1 Å². The van der Waals surface area contributed by atoms with Crippen molar-refractivity contribution in [2.45, 2.75) is 6.04 Å². The summed E-state index contributed by atoms with van der Waals surface area (Å²) in [7, 11) is 7.86. The van der Waals surface area contributed by atoms with E-state index in [-0.39, 0.29) is 23.2 Å². The summed E-state index contributed by atoms with van der Waals surface area (Å²) >= 11 is 0. The zero-order valence-electron chi connectivity index (χ0n) is 15.5. The van der Waals surface area contributed by atoms with Crippen molar-refractivity contribution in [3.8, 4) is 0 Å². The second-order valence-electron chi connectivity index (χ2n) is 6.48. The van der Waals surface area contributed by atoms with E-state index in [0.717, 1.165) is 11.3 Å². The van der Waals surface area contributed by atoms with Gasteiger partial charge in [-0.15, -0.1) is 0 Å². The molecule has 0 aliphatic carbocycles. The quantitative estimate of drug-likeness (QED) is 0.609. The van der Waals surface area contributed by atoms with Crippen LogP contribution in [0.15, 0.2) is 48.5 Å². The van der Waals surface area contributed by atoms with Crippen LogP contribution in [0.5, 0.6) is 0 Å². The first kappa shape index (κ1) is 19.4. The number of nitro groups is 1. The summed E-state index contributed by atoms with van der Waals surface area (Å²) in [4.78, 5) is 26.8. The Morgan fingerprint density at radius 2 is 1.77 bits per heavy atom. The number of carbonyl (C=O) groups is 1. The molecule has 2 aromatic rings. The number of nitrogens with zero attached hydrogens (tertiary/aromatic N) is 3. The van der Waals surface area contributed by atoms with E-state index in [1.807, 2.05) is 62.3 Å². The molecular formula is C19H24N4O3. The molecule has 0 heterocycles. The zero-order valence-corrected chi connectivity index (χ0v) is 15.5. The maximum absolute atomic E-state index is 12.4. The lowest BCUT2D eigenvalue weighted by atomic mass is 10.0. The lowest BCUT2D eigenvalue weighted by Gasteiger charge is -2.25. The van der Waals surface area contributed by atoms with Gasteiger partial charge >= 0.3 is 0 Å². The zero-order chi connectivity index (χ0) is 19.3. The first-order chi connectivity index (χ1) is 12.3. The summed E-state index contributed by atoms with van der Waals surface area (Å²) in [5.41, 5.74) is 2.37. The number of benzene rings is 2. The van der Waals surface area contributed by atoms with Crippen molar-refractivity contribution < 1.29 is 9.72 Å². The Hall–Kier alpha value is -2.93. The number of nitrogens with one attached hydrogen (secondary N) is 1. The maximum Gasteiger partial charge on any atom is 0.270 e. The number of hydrogen-bond acceptors (Lipinski definition) is 5. The van der Waals surface area contributed by atoms with E-state index in [2.05, 4.69) is 5.32 Å². The van der Waals surface area contributed by atoms with Crippen LogP contribution in [0.3, 0.4) is 0 Å². The summed E-state index contributed by atoms with van der Waals surface area (Å²) in [6.07, 6.45) is 0. The normalized spacial score (nSPS) is 11.9. The van der Waals surface area contributed by atoms with Crippen LogP contribution < -0.4 is 10.2 Å². The molecular weight excluding hydrogens is 332 g/mol. The number of anilines is 1. The van der Waals surface area contributed by atoms with Crippen LogP contribution in [0.1, 0.15) is 22.0 Å². The van der Waals surface area contributed by atoms with Crippen LogP contribution in [0.25, 0.3) is 0 Å². The Balaban J connectivity index is 2.09. The van der Waals surface area contributed by atoms with Gasteiger partial charge in [0.25, 0.3) is 11.6 Å². The highest BCUT2D eigenvalue weighted by Gasteiger charge is 2.17. The molecule has 0 saturated heterocycles. The van der Waals surface area contributed by atoms with Crippen LogP contribution >= 0.6 is 0 Å². The summed E-state index contributed by atoms with van der Waals surface area (Å²) in [5, 5.41) is 13.7. The number of rotatable bonds is 7. The van der Waals surface area contributed by atoms with Gasteiger partial charge in [-0.2, -0.15) is 0 Å². The van der Waals surface area contributed by atoms with Crippen LogP contribution in [0.2, 0.25) is 0 Å². The Morgan fingerprint density at radius 1 is 1.12 bits per heavy atom. The lowest BCUT2D eigenvalue weighted by molar-refractivity contribution is -0.384. The maximum atomic E-state index is 12.4. The van der Waals surface area contributed by atoms with Gasteiger partial charge in [0.2, 0.25) is 0 Å². The molecule has 0 aliphatic heterocycles. The average molecular weight is 356 g/mol. The molecule has 7 nitrogen and oxygen atoms in total. The van der Waals surface area contributed by atoms with Gasteiger partial charge in [-0.05, 0) is 37.9 Å². The third kappa shape index (κ3) is 4.80. The van der Waals surface area contributed by atoms with Crippen molar-refractivity contribution in [1.29, 1.82) is 0 Å². The molecule has 26 heavy (non-hydrogen) atoms. The number of carbonyl (C=O) groups excluding carboxylic acids is 1. The molecule has 2 rings (SSSR count). The van der Waals surface area contributed by atoms with Crippen molar-refractivity contribution in [3.63, 3.8) is 0 Å². The van der Waals surface area contributed by atoms with Crippen molar-refractivity contribution in [3.05, 3.63) is 69.8 Å². The molecule has 0 spiro atoms. The molecule has 0 bridgehead atoms. The van der Waals surface area contributed by atoms with Crippen molar-refractivity contribution >= 4 is 17.3 Å². The molecule has 0 radical (unpaired) electrons. The summed E-state index contributed by atoms with van der Waals surface area (Å²) < 4.78 is 0. The smallest absolute Gasteiger partial charge is 0.270 e. The molecule has 0 aromatic heterocycles. The van der Waals surface area contributed by atoms with E-state index in [1.165, 1.54) is 18.2 Å². The van der Waals surface area contributed by atoms with E-state index in [4.69, 9.17) is 0 Å². The van der Waals surface area contributed by atoms with Gasteiger partial charge in [0.15, 0.2) is 0 Å². The molecule has 138 valence electrons. The summed E-state index contributed by atoms with van der Waals surface area (Å²) in [6.45, 7) is 0.399.